The molecule has 2 rings (SSSR count). The van der Waals surface area contributed by atoms with Crippen LogP contribution < -0.4 is 5.32 Å². The van der Waals surface area contributed by atoms with Crippen LogP contribution >= 0.6 is 0 Å². The number of piperidine rings is 1. The van der Waals surface area contributed by atoms with Gasteiger partial charge in [-0.1, -0.05) is 42.7 Å². The average molecular weight is 288 g/mol. The second-order valence-corrected chi connectivity index (χ2v) is 6.64. The molecule has 0 saturated carbocycles. The van der Waals surface area contributed by atoms with Gasteiger partial charge in [0.05, 0.1) is 0 Å². The highest BCUT2D eigenvalue weighted by atomic mass is 15.2. The molecule has 2 heteroatoms. The van der Waals surface area contributed by atoms with Crippen molar-refractivity contribution >= 4 is 0 Å². The van der Waals surface area contributed by atoms with Gasteiger partial charge >= 0.3 is 0 Å². The topological polar surface area (TPSA) is 15.3 Å². The van der Waals surface area contributed by atoms with Crippen LogP contribution in [0, 0.1) is 13.8 Å². The van der Waals surface area contributed by atoms with Crippen molar-refractivity contribution < 1.29 is 0 Å². The Morgan fingerprint density at radius 1 is 1.19 bits per heavy atom. The lowest BCUT2D eigenvalue weighted by atomic mass is 9.96. The van der Waals surface area contributed by atoms with Crippen molar-refractivity contribution in [2.24, 2.45) is 0 Å². The summed E-state index contributed by atoms with van der Waals surface area (Å²) in [7, 11) is 2.09. The van der Waals surface area contributed by atoms with Crippen LogP contribution in [-0.2, 0) is 0 Å². The Bertz CT molecular complexity index is 421. The first-order chi connectivity index (χ1) is 10.1. The van der Waals surface area contributed by atoms with E-state index in [-0.39, 0.29) is 0 Å². The summed E-state index contributed by atoms with van der Waals surface area (Å²) in [6.07, 6.45) is 6.69. The van der Waals surface area contributed by atoms with Gasteiger partial charge in [0.25, 0.3) is 0 Å². The maximum atomic E-state index is 3.52. The van der Waals surface area contributed by atoms with Gasteiger partial charge in [-0.3, -0.25) is 0 Å². The molecule has 0 amide bonds. The van der Waals surface area contributed by atoms with Gasteiger partial charge in [0.15, 0.2) is 0 Å². The summed E-state index contributed by atoms with van der Waals surface area (Å²) < 4.78 is 0. The van der Waals surface area contributed by atoms with Gasteiger partial charge in [-0.05, 0) is 58.7 Å². The molecule has 1 saturated heterocycles. The van der Waals surface area contributed by atoms with Gasteiger partial charge in [0.2, 0.25) is 0 Å². The molecule has 0 bridgehead atoms. The fraction of sp³-hybridized carbons (Fsp3) is 0.684. The second-order valence-electron chi connectivity index (χ2n) is 6.64. The fourth-order valence-electron chi connectivity index (χ4n) is 3.80. The third-order valence-corrected chi connectivity index (χ3v) is 4.92. The van der Waals surface area contributed by atoms with Crippen LogP contribution in [0.2, 0.25) is 0 Å². The molecule has 1 aliphatic heterocycles. The molecule has 1 aromatic carbocycles. The molecule has 1 N–H and O–H groups in total. The van der Waals surface area contributed by atoms with Crippen LogP contribution in [0.25, 0.3) is 0 Å². The molecule has 118 valence electrons. The molecular formula is C19H32N2. The summed E-state index contributed by atoms with van der Waals surface area (Å²) >= 11 is 0. The van der Waals surface area contributed by atoms with Gasteiger partial charge in [0.1, 0.15) is 0 Å². The molecule has 1 fully saturated rings. The van der Waals surface area contributed by atoms with Gasteiger partial charge in [-0.25, -0.2) is 0 Å². The Morgan fingerprint density at radius 3 is 2.52 bits per heavy atom. The molecule has 2 nitrogen and oxygen atoms in total. The molecule has 2 unspecified atom stereocenters. The van der Waals surface area contributed by atoms with Crippen LogP contribution in [-0.4, -0.2) is 31.1 Å². The lowest BCUT2D eigenvalue weighted by Crippen LogP contribution is -2.40. The number of nitrogens with one attached hydrogen (secondary N) is 1. The number of hydrogen-bond donors (Lipinski definition) is 1. The Morgan fingerprint density at radius 2 is 1.90 bits per heavy atom. The summed E-state index contributed by atoms with van der Waals surface area (Å²) in [5.74, 6) is 0. The van der Waals surface area contributed by atoms with Crippen molar-refractivity contribution in [2.45, 2.75) is 65.0 Å². The van der Waals surface area contributed by atoms with Gasteiger partial charge in [0, 0.05) is 18.6 Å². The smallest absolute Gasteiger partial charge is 0.0329 e. The summed E-state index contributed by atoms with van der Waals surface area (Å²) in [6, 6.07) is 8.22. The normalized spacial score (nSPS) is 21.4. The fourth-order valence-corrected chi connectivity index (χ4v) is 3.80. The largest absolute Gasteiger partial charge is 0.313 e. The first-order valence-electron chi connectivity index (χ1n) is 8.63. The maximum Gasteiger partial charge on any atom is 0.0329 e. The van der Waals surface area contributed by atoms with Crippen LogP contribution in [0.15, 0.2) is 18.2 Å². The standard InChI is InChI=1S/C19H32N2/c1-5-18-8-6-7-10-21(18)11-9-19(20-4)17-13-15(2)12-16(3)14-17/h12-14,18-20H,5-11H2,1-4H3. The molecule has 0 aliphatic carbocycles. The zero-order chi connectivity index (χ0) is 15.2. The van der Waals surface area contributed by atoms with Crippen molar-refractivity contribution in [3.63, 3.8) is 0 Å². The van der Waals surface area contributed by atoms with Crippen molar-refractivity contribution in [1.29, 1.82) is 0 Å². The first kappa shape index (κ1) is 16.5. The minimum atomic E-state index is 0.475. The van der Waals surface area contributed by atoms with E-state index < -0.39 is 0 Å². The lowest BCUT2D eigenvalue weighted by molar-refractivity contribution is 0.138. The minimum absolute atomic E-state index is 0.475. The summed E-state index contributed by atoms with van der Waals surface area (Å²) in [6.45, 7) is 9.24. The molecule has 2 atom stereocenters. The van der Waals surface area contributed by atoms with E-state index in [0.717, 1.165) is 6.04 Å². The Labute approximate surface area is 130 Å². The molecule has 1 aliphatic rings. The average Bonchev–Trinajstić information content (AvgIpc) is 2.47. The molecule has 0 spiro atoms. The van der Waals surface area contributed by atoms with E-state index in [0.29, 0.717) is 6.04 Å². The molecular weight excluding hydrogens is 256 g/mol. The van der Waals surface area contributed by atoms with E-state index in [4.69, 9.17) is 0 Å². The maximum absolute atomic E-state index is 3.52. The number of hydrogen-bond acceptors (Lipinski definition) is 2. The SMILES string of the molecule is CCC1CCCCN1CCC(NC)c1cc(C)cc(C)c1. The highest BCUT2D eigenvalue weighted by Gasteiger charge is 2.21. The van der Waals surface area contributed by atoms with E-state index in [2.05, 4.69) is 56.2 Å². The Hall–Kier alpha value is -0.860. The first-order valence-corrected chi connectivity index (χ1v) is 8.63. The molecule has 0 radical (unpaired) electrons. The zero-order valence-corrected chi connectivity index (χ0v) is 14.3. The summed E-state index contributed by atoms with van der Waals surface area (Å²) in [5.41, 5.74) is 4.18. The van der Waals surface area contributed by atoms with E-state index >= 15 is 0 Å². The van der Waals surface area contributed by atoms with Crippen LogP contribution in [0.3, 0.4) is 0 Å². The molecule has 0 aromatic heterocycles. The monoisotopic (exact) mass is 288 g/mol. The lowest BCUT2D eigenvalue weighted by Gasteiger charge is -2.36. The number of nitrogens with zero attached hydrogens (tertiary/aromatic N) is 1. The Balaban J connectivity index is 1.98. The van der Waals surface area contributed by atoms with E-state index in [1.54, 1.807) is 0 Å². The van der Waals surface area contributed by atoms with Crippen molar-refractivity contribution in [3.8, 4) is 0 Å². The highest BCUT2D eigenvalue weighted by molar-refractivity contribution is 5.30. The van der Waals surface area contributed by atoms with Crippen LogP contribution in [0.4, 0.5) is 0 Å². The highest BCUT2D eigenvalue weighted by Crippen LogP contribution is 2.24. The zero-order valence-electron chi connectivity index (χ0n) is 14.3. The van der Waals surface area contributed by atoms with Crippen LogP contribution in [0.5, 0.6) is 0 Å². The predicted molar refractivity (Wildman–Crippen MR) is 91.8 cm³/mol. The van der Waals surface area contributed by atoms with Crippen LogP contribution in [0.1, 0.15) is 61.8 Å². The predicted octanol–water partition coefficient (Wildman–Crippen LogP) is 4.22. The Kier molecular flexibility index (Phi) is 6.25. The van der Waals surface area contributed by atoms with Crippen molar-refractivity contribution in [3.05, 3.63) is 34.9 Å². The van der Waals surface area contributed by atoms with Gasteiger partial charge in [-0.2, -0.15) is 0 Å². The van der Waals surface area contributed by atoms with Crippen molar-refractivity contribution in [2.75, 3.05) is 20.1 Å². The molecule has 1 aromatic rings. The third kappa shape index (κ3) is 4.55. The molecule has 21 heavy (non-hydrogen) atoms. The number of likely N-dealkylation sites (tertiary alicyclic amines) is 1. The van der Waals surface area contributed by atoms with Crippen molar-refractivity contribution in [1.82, 2.24) is 10.2 Å². The van der Waals surface area contributed by atoms with Gasteiger partial charge < -0.3 is 10.2 Å². The number of aryl methyl sites for hydroxylation is 2. The second kappa shape index (κ2) is 7.95. The summed E-state index contributed by atoms with van der Waals surface area (Å²) in [5, 5.41) is 3.52. The number of rotatable bonds is 6. The van der Waals surface area contributed by atoms with E-state index in [1.165, 1.54) is 61.9 Å². The van der Waals surface area contributed by atoms with E-state index in [9.17, 15) is 0 Å². The number of benzene rings is 1. The third-order valence-electron chi connectivity index (χ3n) is 4.92. The minimum Gasteiger partial charge on any atom is -0.313 e. The van der Waals surface area contributed by atoms with Gasteiger partial charge in [-0.15, -0.1) is 0 Å². The molecule has 1 heterocycles. The quantitative estimate of drug-likeness (QED) is 0.843. The summed E-state index contributed by atoms with van der Waals surface area (Å²) in [4.78, 5) is 2.72. The van der Waals surface area contributed by atoms with E-state index in [1.807, 2.05) is 0 Å².